The fourth-order valence-corrected chi connectivity index (χ4v) is 3.31. The lowest BCUT2D eigenvalue weighted by molar-refractivity contribution is 0.0662. The van der Waals surface area contributed by atoms with Gasteiger partial charge in [-0.05, 0) is 35.4 Å². The maximum atomic E-state index is 13.2. The summed E-state index contributed by atoms with van der Waals surface area (Å²) < 4.78 is 0. The van der Waals surface area contributed by atoms with E-state index < -0.39 is 5.97 Å². The lowest BCUT2D eigenvalue weighted by atomic mass is 10.0. The number of fused-ring (bicyclic) bond motifs is 1. The summed E-state index contributed by atoms with van der Waals surface area (Å²) >= 11 is 0. The van der Waals surface area contributed by atoms with Gasteiger partial charge in [0.1, 0.15) is 6.17 Å². The van der Waals surface area contributed by atoms with Crippen LogP contribution in [0.2, 0.25) is 0 Å². The van der Waals surface area contributed by atoms with Crippen LogP contribution in [0.1, 0.15) is 38.0 Å². The van der Waals surface area contributed by atoms with E-state index in [1.807, 2.05) is 54.6 Å². The molecule has 1 heterocycles. The Morgan fingerprint density at radius 3 is 2.30 bits per heavy atom. The van der Waals surface area contributed by atoms with Crippen LogP contribution in [-0.2, 0) is 6.54 Å². The van der Waals surface area contributed by atoms with Crippen LogP contribution in [0.25, 0.3) is 0 Å². The summed E-state index contributed by atoms with van der Waals surface area (Å²) in [5, 5.41) is 12.5. The number of amides is 1. The first-order valence-electron chi connectivity index (χ1n) is 8.67. The summed E-state index contributed by atoms with van der Waals surface area (Å²) in [5.74, 6) is -1.03. The second kappa shape index (κ2) is 6.96. The van der Waals surface area contributed by atoms with E-state index in [1.165, 1.54) is 0 Å². The molecule has 5 nitrogen and oxygen atoms in total. The molecule has 0 bridgehead atoms. The van der Waals surface area contributed by atoms with Crippen LogP contribution in [0.15, 0.2) is 78.9 Å². The van der Waals surface area contributed by atoms with Crippen LogP contribution < -0.4 is 5.32 Å². The third-order valence-electron chi connectivity index (χ3n) is 4.69. The fraction of sp³-hybridized carbons (Fsp3) is 0.0909. The molecular formula is C22H18N2O3. The van der Waals surface area contributed by atoms with E-state index in [2.05, 4.69) is 5.32 Å². The Bertz CT molecular complexity index is 984. The molecule has 0 unspecified atom stereocenters. The summed E-state index contributed by atoms with van der Waals surface area (Å²) in [6.45, 7) is 0.451. The molecule has 0 fully saturated rings. The number of aromatic carboxylic acids is 1. The van der Waals surface area contributed by atoms with E-state index in [-0.39, 0.29) is 17.6 Å². The van der Waals surface area contributed by atoms with E-state index in [0.29, 0.717) is 12.1 Å². The van der Waals surface area contributed by atoms with Gasteiger partial charge in [0.05, 0.1) is 11.1 Å². The van der Waals surface area contributed by atoms with E-state index in [9.17, 15) is 9.59 Å². The summed E-state index contributed by atoms with van der Waals surface area (Å²) in [7, 11) is 0. The highest BCUT2D eigenvalue weighted by molar-refractivity contribution is 6.01. The second-order valence-corrected chi connectivity index (χ2v) is 6.44. The number of rotatable bonds is 4. The topological polar surface area (TPSA) is 69.6 Å². The van der Waals surface area contributed by atoms with Crippen molar-refractivity contribution in [2.24, 2.45) is 0 Å². The van der Waals surface area contributed by atoms with Crippen LogP contribution in [0.3, 0.4) is 0 Å². The van der Waals surface area contributed by atoms with Crippen LogP contribution in [0, 0.1) is 0 Å². The zero-order valence-corrected chi connectivity index (χ0v) is 14.5. The molecule has 1 amide bonds. The highest BCUT2D eigenvalue weighted by Crippen LogP contribution is 2.34. The molecule has 1 aliphatic rings. The van der Waals surface area contributed by atoms with E-state index in [1.54, 1.807) is 29.2 Å². The Hall–Kier alpha value is -3.60. The summed E-state index contributed by atoms with van der Waals surface area (Å²) in [5.41, 5.74) is 3.49. The minimum atomic E-state index is -0.972. The Morgan fingerprint density at radius 1 is 0.926 bits per heavy atom. The first kappa shape index (κ1) is 16.8. The predicted octanol–water partition coefficient (Wildman–Crippen LogP) is 4.15. The Labute approximate surface area is 156 Å². The number of nitrogens with zero attached hydrogens (tertiary/aromatic N) is 1. The molecule has 0 saturated heterocycles. The fourth-order valence-electron chi connectivity index (χ4n) is 3.31. The lowest BCUT2D eigenvalue weighted by Gasteiger charge is -2.38. The van der Waals surface area contributed by atoms with Crippen LogP contribution in [0.5, 0.6) is 0 Å². The number of carboxylic acids is 1. The smallest absolute Gasteiger partial charge is 0.335 e. The largest absolute Gasteiger partial charge is 0.478 e. The van der Waals surface area contributed by atoms with Crippen molar-refractivity contribution in [2.45, 2.75) is 12.7 Å². The number of anilines is 1. The highest BCUT2D eigenvalue weighted by atomic mass is 16.4. The molecule has 4 rings (SSSR count). The van der Waals surface area contributed by atoms with Crippen LogP contribution in [-0.4, -0.2) is 21.9 Å². The molecule has 0 aliphatic carbocycles. The van der Waals surface area contributed by atoms with Crippen molar-refractivity contribution in [2.75, 3.05) is 5.32 Å². The van der Waals surface area contributed by atoms with E-state index in [0.717, 1.165) is 16.8 Å². The molecule has 5 heteroatoms. The lowest BCUT2D eigenvalue weighted by Crippen LogP contribution is -2.42. The number of carboxylic acid groups (broad SMARTS) is 1. The van der Waals surface area contributed by atoms with Gasteiger partial charge in [0.15, 0.2) is 0 Å². The number of nitrogens with one attached hydrogen (secondary N) is 1. The van der Waals surface area contributed by atoms with Crippen molar-refractivity contribution in [1.82, 2.24) is 4.90 Å². The van der Waals surface area contributed by atoms with Crippen molar-refractivity contribution in [3.05, 3.63) is 101 Å². The molecule has 0 saturated carbocycles. The normalized spacial score (nSPS) is 15.8. The number of hydrogen-bond donors (Lipinski definition) is 2. The minimum absolute atomic E-state index is 0.0551. The Balaban J connectivity index is 1.74. The van der Waals surface area contributed by atoms with Gasteiger partial charge in [0.25, 0.3) is 5.91 Å². The Morgan fingerprint density at radius 2 is 1.59 bits per heavy atom. The van der Waals surface area contributed by atoms with Gasteiger partial charge in [-0.2, -0.15) is 0 Å². The van der Waals surface area contributed by atoms with Gasteiger partial charge in [0, 0.05) is 12.2 Å². The standard InChI is InChI=1S/C22H18N2O3/c25-21-18-8-4-5-9-19(18)23-20(16-10-12-17(13-11-16)22(26)27)24(21)14-15-6-2-1-3-7-15/h1-13,20,23H,14H2,(H,26,27)/t20-/m1/s1. The molecule has 1 atom stereocenters. The van der Waals surface area contributed by atoms with Crippen molar-refractivity contribution in [3.63, 3.8) is 0 Å². The summed E-state index contributed by atoms with van der Waals surface area (Å²) in [4.78, 5) is 26.1. The van der Waals surface area contributed by atoms with Gasteiger partial charge in [-0.15, -0.1) is 0 Å². The van der Waals surface area contributed by atoms with Crippen molar-refractivity contribution >= 4 is 17.6 Å². The van der Waals surface area contributed by atoms with Gasteiger partial charge >= 0.3 is 5.97 Å². The zero-order valence-electron chi connectivity index (χ0n) is 14.5. The quantitative estimate of drug-likeness (QED) is 0.735. The predicted molar refractivity (Wildman–Crippen MR) is 103 cm³/mol. The molecule has 3 aromatic rings. The first-order valence-corrected chi connectivity index (χ1v) is 8.67. The van der Waals surface area contributed by atoms with Gasteiger partial charge in [-0.3, -0.25) is 4.79 Å². The first-order chi connectivity index (χ1) is 13.1. The molecule has 2 N–H and O–H groups in total. The minimum Gasteiger partial charge on any atom is -0.478 e. The third kappa shape index (κ3) is 3.27. The average Bonchev–Trinajstić information content (AvgIpc) is 2.71. The zero-order chi connectivity index (χ0) is 18.8. The SMILES string of the molecule is O=C(O)c1ccc([C@@H]2Nc3ccccc3C(=O)N2Cc2ccccc2)cc1. The summed E-state index contributed by atoms with van der Waals surface area (Å²) in [6, 6.07) is 23.9. The molecule has 3 aromatic carbocycles. The van der Waals surface area contributed by atoms with E-state index >= 15 is 0 Å². The van der Waals surface area contributed by atoms with Crippen LogP contribution >= 0.6 is 0 Å². The summed E-state index contributed by atoms with van der Waals surface area (Å²) in [6.07, 6.45) is -0.379. The third-order valence-corrected chi connectivity index (χ3v) is 4.69. The highest BCUT2D eigenvalue weighted by Gasteiger charge is 2.32. The molecule has 1 aliphatic heterocycles. The molecule has 0 aromatic heterocycles. The van der Waals surface area contributed by atoms with Crippen molar-refractivity contribution in [1.29, 1.82) is 0 Å². The van der Waals surface area contributed by atoms with Crippen LogP contribution in [0.4, 0.5) is 5.69 Å². The van der Waals surface area contributed by atoms with Gasteiger partial charge < -0.3 is 15.3 Å². The number of benzene rings is 3. The van der Waals surface area contributed by atoms with Gasteiger partial charge in [-0.25, -0.2) is 4.79 Å². The molecule has 134 valence electrons. The second-order valence-electron chi connectivity index (χ2n) is 6.44. The Kier molecular flexibility index (Phi) is 4.34. The molecule has 0 radical (unpaired) electrons. The molecular weight excluding hydrogens is 340 g/mol. The van der Waals surface area contributed by atoms with Gasteiger partial charge in [-0.1, -0.05) is 54.6 Å². The van der Waals surface area contributed by atoms with Crippen molar-refractivity contribution in [3.8, 4) is 0 Å². The molecule has 27 heavy (non-hydrogen) atoms. The monoisotopic (exact) mass is 358 g/mol. The van der Waals surface area contributed by atoms with Crippen molar-refractivity contribution < 1.29 is 14.7 Å². The maximum absolute atomic E-state index is 13.2. The number of hydrogen-bond acceptors (Lipinski definition) is 3. The van der Waals surface area contributed by atoms with Gasteiger partial charge in [0.2, 0.25) is 0 Å². The number of carbonyl (C=O) groups is 2. The average molecular weight is 358 g/mol. The number of para-hydroxylation sites is 1. The maximum Gasteiger partial charge on any atom is 0.335 e. The molecule has 0 spiro atoms. The number of carbonyl (C=O) groups excluding carboxylic acids is 1. The van der Waals surface area contributed by atoms with E-state index in [4.69, 9.17) is 5.11 Å².